The maximum absolute atomic E-state index is 2.56. The Kier molecular flexibility index (Phi) is 133. The van der Waals surface area contributed by atoms with Crippen LogP contribution in [0.5, 0.6) is 0 Å². The molecule has 6 heavy (non-hydrogen) atoms. The topological polar surface area (TPSA) is 0 Å². The van der Waals surface area contributed by atoms with Crippen molar-refractivity contribution in [1.82, 2.24) is 0 Å². The van der Waals surface area contributed by atoms with Crippen LogP contribution in [0.1, 0.15) is 0 Å². The van der Waals surface area contributed by atoms with Crippen molar-refractivity contribution in [2.75, 3.05) is 0 Å². The third-order valence-electron chi connectivity index (χ3n) is 0. The minimum atomic E-state index is 0. The molecule has 0 aromatic heterocycles. The van der Waals surface area contributed by atoms with Gasteiger partial charge in [0.05, 0.1) is 0 Å². The quantitative estimate of drug-likeness (QED) is 0.375. The van der Waals surface area contributed by atoms with Crippen molar-refractivity contribution < 1.29 is 59.1 Å². The average Bonchev–Trinajstić information content (AvgIpc) is 1.50. The summed E-state index contributed by atoms with van der Waals surface area (Å²) in [6.45, 7) is 0. The summed E-state index contributed by atoms with van der Waals surface area (Å²) in [6, 6.07) is 0. The van der Waals surface area contributed by atoms with Crippen LogP contribution < -0.4 is 59.1 Å². The molecule has 6 heteroatoms. The monoisotopic (exact) mass is 368 g/mol. The first kappa shape index (κ1) is 22.5. The van der Waals surface area contributed by atoms with Crippen molar-refractivity contribution in [3.63, 3.8) is 0 Å². The van der Waals surface area contributed by atoms with Crippen LogP contribution in [0.15, 0.2) is 0 Å². The molecule has 0 nitrogen and oxygen atoms in total. The van der Waals surface area contributed by atoms with Gasteiger partial charge in [0.15, 0.2) is 0 Å². The van der Waals surface area contributed by atoms with E-state index in [9.17, 15) is 0 Å². The third-order valence-corrected chi connectivity index (χ3v) is 0. The molecule has 0 atom stereocenters. The summed E-state index contributed by atoms with van der Waals surface area (Å²) in [5, 5.41) is 0. The van der Waals surface area contributed by atoms with Crippen molar-refractivity contribution in [2.45, 2.75) is 0 Å². The second-order valence-corrected chi connectivity index (χ2v) is 0. The van der Waals surface area contributed by atoms with Crippen LogP contribution in [0.2, 0.25) is 0 Å². The van der Waals surface area contributed by atoms with Gasteiger partial charge in [0, 0.05) is 0 Å². The van der Waals surface area contributed by atoms with E-state index in [2.05, 4.69) is 54.6 Å². The van der Waals surface area contributed by atoms with Crippen LogP contribution in [-0.4, -0.2) is 54.6 Å². The fourth-order valence-electron chi connectivity index (χ4n) is 0. The first-order chi connectivity index (χ1) is 2.00. The van der Waals surface area contributed by atoms with Crippen molar-refractivity contribution >= 4 is 54.6 Å². The van der Waals surface area contributed by atoms with Crippen LogP contribution in [0.25, 0.3) is 0 Å². The molecule has 0 aliphatic heterocycles. The Bertz CT molecular complexity index is 7.51. The van der Waals surface area contributed by atoms with Crippen LogP contribution in [0.4, 0.5) is 0 Å². The van der Waals surface area contributed by atoms with Gasteiger partial charge in [0.25, 0.3) is 0 Å². The Hall–Kier alpha value is 4.08. The van der Waals surface area contributed by atoms with Crippen molar-refractivity contribution in [1.29, 1.82) is 0 Å². The molecule has 0 fully saturated rings. The van der Waals surface area contributed by atoms with Gasteiger partial charge in [-0.3, -0.25) is 0 Å². The molecule has 28 valence electrons. The summed E-state index contributed by atoms with van der Waals surface area (Å²) in [5.74, 6) is 0. The van der Waals surface area contributed by atoms with E-state index in [-0.39, 0.29) is 59.1 Å². The van der Waals surface area contributed by atoms with E-state index in [1.54, 1.807) is 0 Å². The molecule has 0 bridgehead atoms. The van der Waals surface area contributed by atoms with Crippen LogP contribution in [-0.2, 0) is 0 Å². The normalized spacial score (nSPS) is 1.67. The molecule has 0 saturated heterocycles. The maximum atomic E-state index is 2.56. The fourth-order valence-corrected chi connectivity index (χ4v) is 0. The zero-order valence-electron chi connectivity index (χ0n) is 3.71. The second-order valence-electron chi connectivity index (χ2n) is 0. The van der Waals surface area contributed by atoms with Crippen LogP contribution >= 0.6 is 0 Å². The molecule has 0 rings (SSSR count). The minimum absolute atomic E-state index is 0. The molecule has 0 aliphatic rings. The van der Waals surface area contributed by atoms with Crippen molar-refractivity contribution in [3.8, 4) is 0 Å². The summed E-state index contributed by atoms with van der Waals surface area (Å²) in [5.41, 5.74) is 0. The van der Waals surface area contributed by atoms with Gasteiger partial charge in [-0.05, 0) is 0 Å². The van der Waals surface area contributed by atoms with E-state index in [0.717, 1.165) is 0 Å². The van der Waals surface area contributed by atoms with Gasteiger partial charge in [-0.15, -0.1) is 0 Å². The van der Waals surface area contributed by atoms with E-state index in [1.807, 2.05) is 0 Å². The molecular formula is H2Na2Se4. The molecule has 0 saturated carbocycles. The van der Waals surface area contributed by atoms with Gasteiger partial charge in [-0.2, -0.15) is 0 Å². The van der Waals surface area contributed by atoms with Gasteiger partial charge >= 0.3 is 114 Å². The Balaban J connectivity index is -0.00000000500. The molecule has 0 unspecified atom stereocenters. The Morgan fingerprint density at radius 3 is 0.667 bits per heavy atom. The molecule has 0 N–H and O–H groups in total. The van der Waals surface area contributed by atoms with E-state index in [4.69, 9.17) is 0 Å². The molecule has 0 radical (unpaired) electrons. The standard InChI is InChI=1S/2Na.2HSe2/c;;2*1-2/h;;2*1H/q2*+1;2*-1. The Morgan fingerprint density at radius 1 is 0.667 bits per heavy atom. The molecule has 0 aliphatic carbocycles. The van der Waals surface area contributed by atoms with Crippen molar-refractivity contribution in [2.24, 2.45) is 0 Å². The van der Waals surface area contributed by atoms with E-state index in [0.29, 0.717) is 0 Å². The summed E-state index contributed by atoms with van der Waals surface area (Å²) >= 11 is 9.50. The Labute approximate surface area is 111 Å². The van der Waals surface area contributed by atoms with Gasteiger partial charge in [0.2, 0.25) is 0 Å². The van der Waals surface area contributed by atoms with Crippen molar-refractivity contribution in [3.05, 3.63) is 0 Å². The van der Waals surface area contributed by atoms with E-state index < -0.39 is 0 Å². The SMILES string of the molecule is [Na+].[Na+].[Se]=[SeH-].[Se]=[SeH-]. The first-order valence-corrected chi connectivity index (χ1v) is 9.86. The zero-order chi connectivity index (χ0) is 4.00. The third kappa shape index (κ3) is 24.3. The van der Waals surface area contributed by atoms with Gasteiger partial charge in [-0.1, -0.05) is 0 Å². The van der Waals surface area contributed by atoms with E-state index in [1.165, 1.54) is 0 Å². The predicted molar refractivity (Wildman–Crippen MR) is 25.8 cm³/mol. The first-order valence-electron chi connectivity index (χ1n) is 0.365. The summed E-state index contributed by atoms with van der Waals surface area (Å²) in [4.78, 5) is 0. The van der Waals surface area contributed by atoms with Crippen LogP contribution in [0, 0.1) is 0 Å². The molecule has 0 spiro atoms. The second kappa shape index (κ2) is 35.6. The average molecular weight is 364 g/mol. The number of hydrogen-bond donors (Lipinski definition) is 0. The van der Waals surface area contributed by atoms with E-state index >= 15 is 0 Å². The molecular weight excluding hydrogens is 362 g/mol. The summed E-state index contributed by atoms with van der Waals surface area (Å²) < 4.78 is 0. The molecule has 0 heterocycles. The van der Waals surface area contributed by atoms with Crippen LogP contribution in [0.3, 0.4) is 0 Å². The van der Waals surface area contributed by atoms with Gasteiger partial charge in [-0.25, -0.2) is 0 Å². The van der Waals surface area contributed by atoms with Gasteiger partial charge < -0.3 is 0 Å². The summed E-state index contributed by atoms with van der Waals surface area (Å²) in [7, 11) is 0. The predicted octanol–water partition coefficient (Wildman–Crippen LogP) is -8.05. The zero-order valence-corrected chi connectivity index (χ0v) is 14.9. The molecule has 0 aromatic carbocycles. The Morgan fingerprint density at radius 2 is 0.667 bits per heavy atom. The fraction of sp³-hybridized carbons (Fsp3) is 0. The van der Waals surface area contributed by atoms with Gasteiger partial charge in [0.1, 0.15) is 0 Å². The number of rotatable bonds is 0. The molecule has 0 amide bonds. The summed E-state index contributed by atoms with van der Waals surface area (Å²) in [6.07, 6.45) is 0. The molecule has 0 aromatic rings. The number of hydrogen-bond acceptors (Lipinski definition) is 0.